The molecule has 0 spiro atoms. The summed E-state index contributed by atoms with van der Waals surface area (Å²) in [5.41, 5.74) is 0.274. The molecule has 0 amide bonds. The molecule has 20 heavy (non-hydrogen) atoms. The quantitative estimate of drug-likeness (QED) is 0.643. The van der Waals surface area contributed by atoms with Crippen molar-refractivity contribution >= 4 is 5.69 Å². The van der Waals surface area contributed by atoms with Crippen LogP contribution in [0.15, 0.2) is 18.2 Å². The minimum atomic E-state index is -0.591. The molecule has 0 bridgehead atoms. The number of nitro groups is 1. The Kier molecular flexibility index (Phi) is 5.03. The lowest BCUT2D eigenvalue weighted by Crippen LogP contribution is -2.29. The Balaban J connectivity index is 2.03. The third kappa shape index (κ3) is 3.52. The van der Waals surface area contributed by atoms with Gasteiger partial charge in [0.15, 0.2) is 0 Å². The van der Waals surface area contributed by atoms with Gasteiger partial charge in [0.25, 0.3) is 5.69 Å². The van der Waals surface area contributed by atoms with Crippen LogP contribution in [0.5, 0.6) is 0 Å². The van der Waals surface area contributed by atoms with Gasteiger partial charge in [-0.25, -0.2) is 4.39 Å². The summed E-state index contributed by atoms with van der Waals surface area (Å²) in [4.78, 5) is 12.2. The predicted molar refractivity (Wildman–Crippen MR) is 72.8 cm³/mol. The molecule has 1 N–H and O–H groups in total. The number of aliphatic hydroxyl groups is 1. The van der Waals surface area contributed by atoms with Crippen LogP contribution in [0.2, 0.25) is 0 Å². The molecule has 1 unspecified atom stereocenters. The lowest BCUT2D eigenvalue weighted by Gasteiger charge is -2.24. The summed E-state index contributed by atoms with van der Waals surface area (Å²) >= 11 is 0. The molecule has 1 atom stereocenters. The fourth-order valence-electron chi connectivity index (χ4n) is 2.75. The van der Waals surface area contributed by atoms with Crippen LogP contribution in [0.25, 0.3) is 0 Å². The summed E-state index contributed by atoms with van der Waals surface area (Å²) in [6, 6.07) is 4.19. The minimum absolute atomic E-state index is 0.177. The lowest BCUT2D eigenvalue weighted by molar-refractivity contribution is -0.385. The lowest BCUT2D eigenvalue weighted by atomic mass is 10.1. The maximum absolute atomic E-state index is 13.9. The molecular formula is C14H19FN2O3. The fraction of sp³-hybridized carbons (Fsp3) is 0.571. The van der Waals surface area contributed by atoms with Gasteiger partial charge in [0.05, 0.1) is 11.0 Å². The Morgan fingerprint density at radius 2 is 2.30 bits per heavy atom. The van der Waals surface area contributed by atoms with E-state index < -0.39 is 10.7 Å². The highest BCUT2D eigenvalue weighted by Gasteiger charge is 2.25. The van der Waals surface area contributed by atoms with E-state index in [1.807, 2.05) is 0 Å². The summed E-state index contributed by atoms with van der Waals surface area (Å²) in [6.45, 7) is 1.56. The first-order valence-electron chi connectivity index (χ1n) is 6.89. The molecule has 1 saturated heterocycles. The second kappa shape index (κ2) is 6.76. The molecule has 110 valence electrons. The Hall–Kier alpha value is -1.53. The Morgan fingerprint density at radius 3 is 2.95 bits per heavy atom. The summed E-state index contributed by atoms with van der Waals surface area (Å²) in [5, 5.41) is 19.5. The van der Waals surface area contributed by atoms with E-state index in [9.17, 15) is 14.5 Å². The monoisotopic (exact) mass is 282 g/mol. The maximum atomic E-state index is 13.9. The van der Waals surface area contributed by atoms with Crippen LogP contribution in [0.4, 0.5) is 10.1 Å². The normalized spacial score (nSPS) is 19.4. The van der Waals surface area contributed by atoms with E-state index in [2.05, 4.69) is 4.90 Å². The first-order chi connectivity index (χ1) is 9.61. The van der Waals surface area contributed by atoms with Crippen molar-refractivity contribution in [3.05, 3.63) is 39.7 Å². The van der Waals surface area contributed by atoms with Crippen LogP contribution in [-0.4, -0.2) is 34.1 Å². The highest BCUT2D eigenvalue weighted by molar-refractivity contribution is 5.34. The van der Waals surface area contributed by atoms with Gasteiger partial charge in [-0.05, 0) is 38.3 Å². The van der Waals surface area contributed by atoms with Crippen LogP contribution >= 0.6 is 0 Å². The summed E-state index contributed by atoms with van der Waals surface area (Å²) in [7, 11) is 0. The Morgan fingerprint density at radius 1 is 1.50 bits per heavy atom. The molecule has 0 aromatic heterocycles. The van der Waals surface area contributed by atoms with E-state index >= 15 is 0 Å². The van der Waals surface area contributed by atoms with Crippen LogP contribution < -0.4 is 0 Å². The van der Waals surface area contributed by atoms with Crippen molar-refractivity contribution in [2.45, 2.75) is 38.3 Å². The summed E-state index contributed by atoms with van der Waals surface area (Å²) in [6.07, 6.45) is 3.80. The molecule has 1 aliphatic heterocycles. The second-order valence-electron chi connectivity index (χ2n) is 5.17. The van der Waals surface area contributed by atoms with Crippen LogP contribution in [0.1, 0.15) is 31.2 Å². The average molecular weight is 282 g/mol. The summed E-state index contributed by atoms with van der Waals surface area (Å²) in [5.74, 6) is -0.521. The standard InChI is InChI=1S/C14H19FN2O3/c15-14-9-13(17(19)20)6-5-11(14)10-16-7-1-3-12(16)4-2-8-18/h5-6,9,12,18H,1-4,7-8,10H2. The topological polar surface area (TPSA) is 66.6 Å². The zero-order valence-electron chi connectivity index (χ0n) is 11.3. The number of benzene rings is 1. The van der Waals surface area contributed by atoms with E-state index in [-0.39, 0.29) is 12.3 Å². The maximum Gasteiger partial charge on any atom is 0.272 e. The van der Waals surface area contributed by atoms with Gasteiger partial charge in [-0.1, -0.05) is 0 Å². The van der Waals surface area contributed by atoms with Gasteiger partial charge in [-0.15, -0.1) is 0 Å². The third-order valence-electron chi connectivity index (χ3n) is 3.82. The minimum Gasteiger partial charge on any atom is -0.396 e. The molecule has 1 aromatic carbocycles. The average Bonchev–Trinajstić information content (AvgIpc) is 2.85. The van der Waals surface area contributed by atoms with Gasteiger partial charge in [0.1, 0.15) is 5.82 Å². The molecule has 0 radical (unpaired) electrons. The number of likely N-dealkylation sites (tertiary alicyclic amines) is 1. The second-order valence-corrected chi connectivity index (χ2v) is 5.17. The van der Waals surface area contributed by atoms with Gasteiger partial charge in [-0.3, -0.25) is 15.0 Å². The number of hydrogen-bond donors (Lipinski definition) is 1. The van der Waals surface area contributed by atoms with E-state index in [4.69, 9.17) is 5.11 Å². The number of nitro benzene ring substituents is 1. The van der Waals surface area contributed by atoms with Crippen LogP contribution in [-0.2, 0) is 6.54 Å². The van der Waals surface area contributed by atoms with Crippen LogP contribution in [0.3, 0.4) is 0 Å². The van der Waals surface area contributed by atoms with E-state index in [0.717, 1.165) is 38.3 Å². The van der Waals surface area contributed by atoms with Gasteiger partial charge in [-0.2, -0.15) is 0 Å². The van der Waals surface area contributed by atoms with Gasteiger partial charge < -0.3 is 5.11 Å². The van der Waals surface area contributed by atoms with Crippen molar-refractivity contribution in [2.24, 2.45) is 0 Å². The predicted octanol–water partition coefficient (Wildman–Crippen LogP) is 2.47. The number of halogens is 1. The smallest absolute Gasteiger partial charge is 0.272 e. The number of nitrogens with zero attached hydrogens (tertiary/aromatic N) is 2. The molecule has 6 heteroatoms. The number of hydrogen-bond acceptors (Lipinski definition) is 4. The molecule has 1 heterocycles. The van der Waals surface area contributed by atoms with E-state index in [0.29, 0.717) is 18.2 Å². The first-order valence-corrected chi connectivity index (χ1v) is 6.89. The largest absolute Gasteiger partial charge is 0.396 e. The zero-order valence-corrected chi connectivity index (χ0v) is 11.3. The molecular weight excluding hydrogens is 263 g/mol. The van der Waals surface area contributed by atoms with Crippen molar-refractivity contribution in [3.8, 4) is 0 Å². The highest BCUT2D eigenvalue weighted by Crippen LogP contribution is 2.25. The molecule has 0 aliphatic carbocycles. The molecule has 1 aromatic rings. The van der Waals surface area contributed by atoms with Crippen molar-refractivity contribution in [1.82, 2.24) is 4.90 Å². The molecule has 2 rings (SSSR count). The van der Waals surface area contributed by atoms with Crippen molar-refractivity contribution in [1.29, 1.82) is 0 Å². The molecule has 0 saturated carbocycles. The first kappa shape index (κ1) is 14.9. The highest BCUT2D eigenvalue weighted by atomic mass is 19.1. The Bertz CT molecular complexity index is 481. The summed E-state index contributed by atoms with van der Waals surface area (Å²) < 4.78 is 13.9. The molecule has 1 fully saturated rings. The molecule has 1 aliphatic rings. The number of aliphatic hydroxyl groups excluding tert-OH is 1. The number of non-ortho nitro benzene ring substituents is 1. The van der Waals surface area contributed by atoms with E-state index in [1.165, 1.54) is 12.1 Å². The third-order valence-corrected chi connectivity index (χ3v) is 3.82. The van der Waals surface area contributed by atoms with Gasteiger partial charge >= 0.3 is 0 Å². The van der Waals surface area contributed by atoms with Crippen LogP contribution in [0, 0.1) is 15.9 Å². The Labute approximate surface area is 117 Å². The van der Waals surface area contributed by atoms with Gasteiger partial charge in [0, 0.05) is 30.8 Å². The molecule has 5 nitrogen and oxygen atoms in total. The SMILES string of the molecule is O=[N+]([O-])c1ccc(CN2CCCC2CCCO)c(F)c1. The fourth-order valence-corrected chi connectivity index (χ4v) is 2.75. The zero-order chi connectivity index (χ0) is 14.5. The number of rotatable bonds is 6. The van der Waals surface area contributed by atoms with Gasteiger partial charge in [0.2, 0.25) is 0 Å². The van der Waals surface area contributed by atoms with Crippen molar-refractivity contribution in [2.75, 3.05) is 13.2 Å². The van der Waals surface area contributed by atoms with E-state index in [1.54, 1.807) is 0 Å². The van der Waals surface area contributed by atoms with Crippen molar-refractivity contribution in [3.63, 3.8) is 0 Å². The van der Waals surface area contributed by atoms with Crippen molar-refractivity contribution < 1.29 is 14.4 Å².